The van der Waals surface area contributed by atoms with E-state index in [9.17, 15) is 21.6 Å². The molecule has 0 radical (unpaired) electrons. The predicted molar refractivity (Wildman–Crippen MR) is 58.4 cm³/mol. The third-order valence-electron chi connectivity index (χ3n) is 2.18. The van der Waals surface area contributed by atoms with Crippen LogP contribution in [0, 0.1) is 6.92 Å². The molecule has 8 heteroatoms. The van der Waals surface area contributed by atoms with Crippen molar-refractivity contribution in [3.05, 3.63) is 29.8 Å². The zero-order chi connectivity index (χ0) is 14.0. The van der Waals surface area contributed by atoms with Crippen molar-refractivity contribution in [2.45, 2.75) is 24.1 Å². The van der Waals surface area contributed by atoms with E-state index in [1.165, 1.54) is 24.3 Å². The lowest BCUT2D eigenvalue weighted by Gasteiger charge is -2.15. The molecule has 0 aliphatic rings. The largest absolute Gasteiger partial charge is 0.415 e. The maximum atomic E-state index is 12.0. The Hall–Kier alpha value is -1.12. The number of hydrogen-bond donors (Lipinski definition) is 2. The van der Waals surface area contributed by atoms with E-state index < -0.39 is 28.8 Å². The van der Waals surface area contributed by atoms with Crippen LogP contribution in [0.1, 0.15) is 5.56 Å². The summed E-state index contributed by atoms with van der Waals surface area (Å²) in [5, 5.41) is 8.69. The highest BCUT2D eigenvalue weighted by Gasteiger charge is 2.38. The number of aryl methyl sites for hydroxylation is 1. The Bertz CT molecular complexity index is 496. The van der Waals surface area contributed by atoms with Gasteiger partial charge in [-0.2, -0.15) is 13.2 Å². The van der Waals surface area contributed by atoms with Gasteiger partial charge in [-0.1, -0.05) is 17.7 Å². The van der Waals surface area contributed by atoms with Crippen molar-refractivity contribution in [3.63, 3.8) is 0 Å². The summed E-state index contributed by atoms with van der Waals surface area (Å²) in [7, 11) is -4.04. The van der Waals surface area contributed by atoms with Gasteiger partial charge in [-0.25, -0.2) is 13.1 Å². The lowest BCUT2D eigenvalue weighted by atomic mass is 10.2. The summed E-state index contributed by atoms with van der Waals surface area (Å²) in [6.45, 7) is 0.636. The molecule has 0 saturated heterocycles. The first kappa shape index (κ1) is 14.9. The van der Waals surface area contributed by atoms with Crippen LogP contribution in [-0.2, 0) is 10.0 Å². The molecular formula is C10H12F3NO3S. The van der Waals surface area contributed by atoms with Crippen LogP contribution >= 0.6 is 0 Å². The fraction of sp³-hybridized carbons (Fsp3) is 0.400. The lowest BCUT2D eigenvalue weighted by molar-refractivity contribution is -0.200. The number of sulfonamides is 1. The first-order valence-corrected chi connectivity index (χ1v) is 6.42. The Morgan fingerprint density at radius 1 is 1.28 bits per heavy atom. The molecule has 0 saturated carbocycles. The normalized spacial score (nSPS) is 14.5. The average Bonchev–Trinajstić information content (AvgIpc) is 2.25. The molecule has 0 amide bonds. The molecule has 18 heavy (non-hydrogen) atoms. The number of benzene rings is 1. The molecule has 0 unspecified atom stereocenters. The van der Waals surface area contributed by atoms with Crippen molar-refractivity contribution in [1.82, 2.24) is 4.72 Å². The summed E-state index contributed by atoms with van der Waals surface area (Å²) < 4.78 is 60.9. The van der Waals surface area contributed by atoms with Crippen LogP contribution in [0.2, 0.25) is 0 Å². The second-order valence-corrected chi connectivity index (χ2v) is 5.49. The minimum absolute atomic E-state index is 0.150. The molecule has 0 aromatic heterocycles. The third kappa shape index (κ3) is 3.97. The van der Waals surface area contributed by atoms with Crippen molar-refractivity contribution in [2.75, 3.05) is 6.54 Å². The summed E-state index contributed by atoms with van der Waals surface area (Å²) in [6.07, 6.45) is -7.58. The number of aliphatic hydroxyl groups is 1. The molecular weight excluding hydrogens is 271 g/mol. The highest BCUT2D eigenvalue weighted by atomic mass is 32.2. The van der Waals surface area contributed by atoms with E-state index in [1.54, 1.807) is 11.6 Å². The molecule has 102 valence electrons. The molecule has 1 atom stereocenters. The Balaban J connectivity index is 2.75. The minimum Gasteiger partial charge on any atom is -0.382 e. The molecule has 0 aliphatic heterocycles. The van der Waals surface area contributed by atoms with Crippen LogP contribution in [0.5, 0.6) is 0 Å². The first-order chi connectivity index (χ1) is 8.13. The maximum absolute atomic E-state index is 12.0. The number of alkyl halides is 3. The van der Waals surface area contributed by atoms with Crippen molar-refractivity contribution in [1.29, 1.82) is 0 Å². The van der Waals surface area contributed by atoms with E-state index in [2.05, 4.69) is 0 Å². The summed E-state index contributed by atoms with van der Waals surface area (Å²) >= 11 is 0. The van der Waals surface area contributed by atoms with Gasteiger partial charge in [0.05, 0.1) is 4.90 Å². The van der Waals surface area contributed by atoms with Crippen molar-refractivity contribution >= 4 is 10.0 Å². The van der Waals surface area contributed by atoms with Crippen LogP contribution in [0.15, 0.2) is 29.2 Å². The number of nitrogens with one attached hydrogen (secondary N) is 1. The van der Waals surface area contributed by atoms with Gasteiger partial charge in [0.15, 0.2) is 6.10 Å². The Morgan fingerprint density at radius 3 is 2.22 bits per heavy atom. The number of hydrogen-bond acceptors (Lipinski definition) is 3. The highest BCUT2D eigenvalue weighted by Crippen LogP contribution is 2.19. The monoisotopic (exact) mass is 283 g/mol. The topological polar surface area (TPSA) is 66.4 Å². The maximum Gasteiger partial charge on any atom is 0.415 e. The van der Waals surface area contributed by atoms with E-state index in [1.807, 2.05) is 0 Å². The number of rotatable bonds is 4. The van der Waals surface area contributed by atoms with Gasteiger partial charge in [0.1, 0.15) is 0 Å². The van der Waals surface area contributed by atoms with Gasteiger partial charge in [-0.05, 0) is 19.1 Å². The van der Waals surface area contributed by atoms with Crippen molar-refractivity contribution in [3.8, 4) is 0 Å². The fourth-order valence-corrected chi connectivity index (χ4v) is 2.14. The zero-order valence-corrected chi connectivity index (χ0v) is 10.2. The van der Waals surface area contributed by atoms with E-state index in [0.717, 1.165) is 5.56 Å². The van der Waals surface area contributed by atoms with Gasteiger partial charge in [0, 0.05) is 6.54 Å². The highest BCUT2D eigenvalue weighted by molar-refractivity contribution is 7.89. The van der Waals surface area contributed by atoms with Crippen LogP contribution in [0.4, 0.5) is 13.2 Å². The van der Waals surface area contributed by atoms with E-state index in [4.69, 9.17) is 5.11 Å². The second-order valence-electron chi connectivity index (χ2n) is 3.72. The summed E-state index contributed by atoms with van der Waals surface area (Å²) in [4.78, 5) is -0.150. The van der Waals surface area contributed by atoms with Gasteiger partial charge < -0.3 is 5.11 Å². The number of halogens is 3. The summed E-state index contributed by atoms with van der Waals surface area (Å²) in [6, 6.07) is 5.60. The smallest absolute Gasteiger partial charge is 0.382 e. The SMILES string of the molecule is Cc1ccc(S(=O)(=O)NC[C@@H](O)C(F)(F)F)cc1. The number of aliphatic hydroxyl groups excluding tert-OH is 1. The van der Waals surface area contributed by atoms with Crippen molar-refractivity contribution in [2.24, 2.45) is 0 Å². The molecule has 0 heterocycles. The lowest BCUT2D eigenvalue weighted by Crippen LogP contribution is -2.40. The van der Waals surface area contributed by atoms with Gasteiger partial charge in [0.25, 0.3) is 0 Å². The standard InChI is InChI=1S/C10H12F3NO3S/c1-7-2-4-8(5-3-7)18(16,17)14-6-9(15)10(11,12)13/h2-5,9,14-15H,6H2,1H3/t9-/m1/s1. The van der Waals surface area contributed by atoms with E-state index >= 15 is 0 Å². The Labute approximate surface area is 102 Å². The average molecular weight is 283 g/mol. The molecule has 1 aromatic rings. The molecule has 0 aliphatic carbocycles. The van der Waals surface area contributed by atoms with Gasteiger partial charge in [0.2, 0.25) is 10.0 Å². The molecule has 2 N–H and O–H groups in total. The first-order valence-electron chi connectivity index (χ1n) is 4.94. The molecule has 0 spiro atoms. The molecule has 4 nitrogen and oxygen atoms in total. The Kier molecular flexibility index (Phi) is 4.36. The second kappa shape index (κ2) is 5.25. The molecule has 1 aromatic carbocycles. The molecule has 0 bridgehead atoms. The van der Waals surface area contributed by atoms with E-state index in [0.29, 0.717) is 0 Å². The summed E-state index contributed by atoms with van der Waals surface area (Å²) in [5.74, 6) is 0. The quantitative estimate of drug-likeness (QED) is 0.872. The van der Waals surface area contributed by atoms with Crippen molar-refractivity contribution < 1.29 is 26.7 Å². The van der Waals surface area contributed by atoms with Crippen LogP contribution in [0.25, 0.3) is 0 Å². The van der Waals surface area contributed by atoms with E-state index in [-0.39, 0.29) is 4.90 Å². The molecule has 1 rings (SSSR count). The van der Waals surface area contributed by atoms with Crippen LogP contribution in [-0.4, -0.2) is 32.3 Å². The Morgan fingerprint density at radius 2 is 1.78 bits per heavy atom. The van der Waals surface area contributed by atoms with Crippen LogP contribution in [0.3, 0.4) is 0 Å². The fourth-order valence-electron chi connectivity index (χ4n) is 1.11. The third-order valence-corrected chi connectivity index (χ3v) is 3.62. The van der Waals surface area contributed by atoms with Crippen LogP contribution < -0.4 is 4.72 Å². The molecule has 0 fully saturated rings. The predicted octanol–water partition coefficient (Wildman–Crippen LogP) is 1.20. The minimum atomic E-state index is -4.85. The summed E-state index contributed by atoms with van der Waals surface area (Å²) in [5.41, 5.74) is 0.823. The zero-order valence-electron chi connectivity index (χ0n) is 9.40. The van der Waals surface area contributed by atoms with Gasteiger partial charge >= 0.3 is 6.18 Å². The van der Waals surface area contributed by atoms with Gasteiger partial charge in [-0.3, -0.25) is 0 Å². The van der Waals surface area contributed by atoms with Gasteiger partial charge in [-0.15, -0.1) is 0 Å².